The predicted octanol–water partition coefficient (Wildman–Crippen LogP) is 3.28. The molecule has 8 nitrogen and oxygen atoms in total. The average molecular weight is 408 g/mol. The molecule has 1 heterocycles. The van der Waals surface area contributed by atoms with E-state index in [1.54, 1.807) is 18.3 Å². The van der Waals surface area contributed by atoms with Crippen molar-refractivity contribution in [2.75, 3.05) is 21.3 Å². The van der Waals surface area contributed by atoms with Crippen LogP contribution < -0.4 is 19.6 Å². The van der Waals surface area contributed by atoms with E-state index in [0.717, 1.165) is 22.6 Å². The zero-order valence-corrected chi connectivity index (χ0v) is 17.6. The molecule has 1 N–H and O–H groups in total. The number of nitrogens with zero attached hydrogens (tertiary/aromatic N) is 3. The van der Waals surface area contributed by atoms with Gasteiger partial charge in [0.25, 0.3) is 5.91 Å². The molecule has 3 rings (SSSR count). The molecule has 0 fully saturated rings. The average Bonchev–Trinajstić information content (AvgIpc) is 3.06. The number of hydrogen-bond donors (Lipinski definition) is 1. The number of hydrazone groups is 1. The summed E-state index contributed by atoms with van der Waals surface area (Å²) in [5.41, 5.74) is 6.38. The van der Waals surface area contributed by atoms with Gasteiger partial charge in [-0.2, -0.15) is 10.2 Å². The molecule has 0 aliphatic rings. The van der Waals surface area contributed by atoms with Crippen molar-refractivity contribution in [3.63, 3.8) is 0 Å². The van der Waals surface area contributed by atoms with E-state index in [4.69, 9.17) is 14.2 Å². The van der Waals surface area contributed by atoms with Crippen LogP contribution in [0.5, 0.6) is 17.2 Å². The second-order valence-electron chi connectivity index (χ2n) is 6.44. The molecule has 0 aliphatic heterocycles. The minimum atomic E-state index is -0.406. The highest BCUT2D eigenvalue weighted by molar-refractivity contribution is 5.96. The van der Waals surface area contributed by atoms with E-state index in [1.165, 1.54) is 21.3 Å². The second kappa shape index (κ2) is 9.13. The molecule has 30 heavy (non-hydrogen) atoms. The van der Waals surface area contributed by atoms with Crippen molar-refractivity contribution in [1.29, 1.82) is 0 Å². The van der Waals surface area contributed by atoms with Crippen LogP contribution in [0.15, 0.2) is 47.6 Å². The second-order valence-corrected chi connectivity index (χ2v) is 6.44. The Balaban J connectivity index is 1.81. The number of para-hydroxylation sites is 1. The van der Waals surface area contributed by atoms with Gasteiger partial charge < -0.3 is 14.2 Å². The predicted molar refractivity (Wildman–Crippen MR) is 114 cm³/mol. The Morgan fingerprint density at radius 2 is 1.67 bits per heavy atom. The lowest BCUT2D eigenvalue weighted by molar-refractivity contribution is 0.0954. The Morgan fingerprint density at radius 1 is 1.03 bits per heavy atom. The summed E-state index contributed by atoms with van der Waals surface area (Å²) in [6.07, 6.45) is 1.59. The third-order valence-electron chi connectivity index (χ3n) is 4.63. The quantitative estimate of drug-likeness (QED) is 0.479. The highest BCUT2D eigenvalue weighted by Crippen LogP contribution is 2.38. The largest absolute Gasteiger partial charge is 0.493 e. The lowest BCUT2D eigenvalue weighted by atomic mass is 10.1. The van der Waals surface area contributed by atoms with E-state index >= 15 is 0 Å². The molecule has 8 heteroatoms. The molecule has 156 valence electrons. The van der Waals surface area contributed by atoms with Gasteiger partial charge in [-0.25, -0.2) is 10.1 Å². The number of benzene rings is 2. The summed E-state index contributed by atoms with van der Waals surface area (Å²) < 4.78 is 17.7. The van der Waals surface area contributed by atoms with Crippen LogP contribution >= 0.6 is 0 Å². The number of carbonyl (C=O) groups excluding carboxylic acids is 1. The number of nitrogens with one attached hydrogen (secondary N) is 1. The van der Waals surface area contributed by atoms with Gasteiger partial charge in [-0.1, -0.05) is 18.2 Å². The summed E-state index contributed by atoms with van der Waals surface area (Å²) in [6.45, 7) is 3.85. The molecule has 0 saturated heterocycles. The zero-order valence-electron chi connectivity index (χ0n) is 17.6. The van der Waals surface area contributed by atoms with Gasteiger partial charge in [0.15, 0.2) is 11.5 Å². The van der Waals surface area contributed by atoms with Crippen molar-refractivity contribution in [2.24, 2.45) is 5.10 Å². The van der Waals surface area contributed by atoms with E-state index in [1.807, 2.05) is 48.9 Å². The van der Waals surface area contributed by atoms with Crippen molar-refractivity contribution >= 4 is 12.1 Å². The normalized spacial score (nSPS) is 10.8. The summed E-state index contributed by atoms with van der Waals surface area (Å²) in [5.74, 6) is 0.791. The number of aromatic nitrogens is 2. The standard InChI is InChI=1S/C22H24N4O4/c1-14-18(15(2)26(25-14)17-9-7-6-8-10-17)13-23-24-22(27)16-11-19(28-3)21(30-5)20(12-16)29-4/h6-13H,1-5H3,(H,24,27)/b23-13-. The number of ether oxygens (including phenoxy) is 3. The zero-order chi connectivity index (χ0) is 21.7. The van der Waals surface area contributed by atoms with Gasteiger partial charge in [-0.15, -0.1) is 0 Å². The molecular formula is C22H24N4O4. The van der Waals surface area contributed by atoms with Crippen molar-refractivity contribution in [2.45, 2.75) is 13.8 Å². The number of hydrogen-bond acceptors (Lipinski definition) is 6. The first-order chi connectivity index (χ1) is 14.5. The van der Waals surface area contributed by atoms with Crippen molar-refractivity contribution in [3.05, 3.63) is 65.0 Å². The molecule has 3 aromatic rings. The fraction of sp³-hybridized carbons (Fsp3) is 0.227. The maximum atomic E-state index is 12.6. The molecular weight excluding hydrogens is 384 g/mol. The van der Waals surface area contributed by atoms with Crippen molar-refractivity contribution in [1.82, 2.24) is 15.2 Å². The fourth-order valence-corrected chi connectivity index (χ4v) is 3.09. The lowest BCUT2D eigenvalue weighted by Gasteiger charge is -2.13. The van der Waals surface area contributed by atoms with Crippen LogP contribution in [0.1, 0.15) is 27.3 Å². The van der Waals surface area contributed by atoms with Crippen LogP contribution in [0, 0.1) is 13.8 Å². The Kier molecular flexibility index (Phi) is 6.36. The van der Waals surface area contributed by atoms with Crippen LogP contribution in [-0.4, -0.2) is 43.2 Å². The van der Waals surface area contributed by atoms with Crippen LogP contribution in [0.2, 0.25) is 0 Å². The van der Waals surface area contributed by atoms with Crippen molar-refractivity contribution in [3.8, 4) is 22.9 Å². The van der Waals surface area contributed by atoms with Crippen molar-refractivity contribution < 1.29 is 19.0 Å². The Morgan fingerprint density at radius 3 is 2.23 bits per heavy atom. The highest BCUT2D eigenvalue weighted by atomic mass is 16.5. The number of carbonyl (C=O) groups is 1. The van der Waals surface area contributed by atoms with Gasteiger partial charge in [0, 0.05) is 11.1 Å². The number of amides is 1. The van der Waals surface area contributed by atoms with Gasteiger partial charge >= 0.3 is 0 Å². The minimum absolute atomic E-state index is 0.329. The highest BCUT2D eigenvalue weighted by Gasteiger charge is 2.17. The number of aryl methyl sites for hydroxylation is 1. The third-order valence-corrected chi connectivity index (χ3v) is 4.63. The molecule has 0 bridgehead atoms. The van der Waals surface area contributed by atoms with Gasteiger partial charge in [0.2, 0.25) is 5.75 Å². The summed E-state index contributed by atoms with van der Waals surface area (Å²) in [5, 5.41) is 8.68. The molecule has 1 amide bonds. The lowest BCUT2D eigenvalue weighted by Crippen LogP contribution is -2.18. The Hall–Kier alpha value is -3.81. The van der Waals surface area contributed by atoms with Gasteiger partial charge in [-0.05, 0) is 38.1 Å². The maximum absolute atomic E-state index is 12.6. The molecule has 1 aromatic heterocycles. The smallest absolute Gasteiger partial charge is 0.271 e. The molecule has 0 atom stereocenters. The first-order valence-corrected chi connectivity index (χ1v) is 9.25. The molecule has 0 saturated carbocycles. The maximum Gasteiger partial charge on any atom is 0.271 e. The Bertz CT molecular complexity index is 1050. The van der Waals surface area contributed by atoms with E-state index < -0.39 is 5.91 Å². The van der Waals surface area contributed by atoms with Gasteiger partial charge in [0.05, 0.1) is 44.6 Å². The SMILES string of the molecule is COc1cc(C(=O)N/N=C\c2c(C)nn(-c3ccccc3)c2C)cc(OC)c1OC. The van der Waals surface area contributed by atoms with Gasteiger partial charge in [0.1, 0.15) is 0 Å². The summed E-state index contributed by atoms with van der Waals surface area (Å²) in [6, 6.07) is 13.0. The Labute approximate surface area is 175 Å². The fourth-order valence-electron chi connectivity index (χ4n) is 3.09. The first kappa shape index (κ1) is 20.9. The molecule has 0 spiro atoms. The van der Waals surface area contributed by atoms with Gasteiger partial charge in [-0.3, -0.25) is 4.79 Å². The van der Waals surface area contributed by atoms with Crippen LogP contribution in [-0.2, 0) is 0 Å². The number of rotatable bonds is 7. The van der Waals surface area contributed by atoms with E-state index in [-0.39, 0.29) is 0 Å². The minimum Gasteiger partial charge on any atom is -0.493 e. The molecule has 0 aliphatic carbocycles. The summed E-state index contributed by atoms with van der Waals surface area (Å²) >= 11 is 0. The molecule has 2 aromatic carbocycles. The van der Waals surface area contributed by atoms with Crippen LogP contribution in [0.3, 0.4) is 0 Å². The number of methoxy groups -OCH3 is 3. The van der Waals surface area contributed by atoms with Crippen LogP contribution in [0.25, 0.3) is 5.69 Å². The summed E-state index contributed by atoms with van der Waals surface area (Å²) in [7, 11) is 4.49. The van der Waals surface area contributed by atoms with Crippen LogP contribution in [0.4, 0.5) is 0 Å². The topological polar surface area (TPSA) is 87.0 Å². The first-order valence-electron chi connectivity index (χ1n) is 9.25. The molecule has 0 radical (unpaired) electrons. The summed E-state index contributed by atoms with van der Waals surface area (Å²) in [4.78, 5) is 12.6. The van der Waals surface area contributed by atoms with E-state index in [0.29, 0.717) is 22.8 Å². The van der Waals surface area contributed by atoms with E-state index in [9.17, 15) is 4.79 Å². The van der Waals surface area contributed by atoms with E-state index in [2.05, 4.69) is 15.6 Å². The molecule has 0 unspecified atom stereocenters. The monoisotopic (exact) mass is 408 g/mol. The third kappa shape index (κ3) is 4.12.